The third kappa shape index (κ3) is 6.37. The van der Waals surface area contributed by atoms with Gasteiger partial charge >= 0.3 is 5.97 Å². The molecule has 1 atom stereocenters. The van der Waals surface area contributed by atoms with Gasteiger partial charge in [-0.05, 0) is 72.0 Å². The van der Waals surface area contributed by atoms with E-state index < -0.39 is 5.97 Å². The molecule has 1 heterocycles. The minimum atomic E-state index is -1.10. The number of aromatic carboxylic acids is 1. The van der Waals surface area contributed by atoms with E-state index >= 15 is 0 Å². The van der Waals surface area contributed by atoms with Gasteiger partial charge in [-0.2, -0.15) is 0 Å². The first-order valence-corrected chi connectivity index (χ1v) is 12.6. The van der Waals surface area contributed by atoms with Crippen molar-refractivity contribution in [2.45, 2.75) is 25.7 Å². The van der Waals surface area contributed by atoms with Crippen LogP contribution in [0.1, 0.15) is 35.2 Å². The molecule has 0 saturated heterocycles. The third-order valence-electron chi connectivity index (χ3n) is 6.42. The number of aromatic nitrogens is 1. The Balaban J connectivity index is 1.18. The fraction of sp³-hybridized carbons (Fsp3) is 0.194. The van der Waals surface area contributed by atoms with Gasteiger partial charge in [-0.1, -0.05) is 42.5 Å². The zero-order valence-corrected chi connectivity index (χ0v) is 20.8. The minimum Gasteiger partial charge on any atom is -0.493 e. The molecule has 1 aliphatic rings. The molecule has 38 heavy (non-hydrogen) atoms. The number of nitrogens with zero attached hydrogens (tertiary/aromatic N) is 1. The number of fused-ring (bicyclic) bond motifs is 1. The largest absolute Gasteiger partial charge is 0.493 e. The normalized spacial score (nSPS) is 14.7. The zero-order chi connectivity index (χ0) is 26.3. The summed E-state index contributed by atoms with van der Waals surface area (Å²) in [5.74, 6) is 0.975. The second-order valence-corrected chi connectivity index (χ2v) is 9.28. The Morgan fingerprint density at radius 2 is 1.76 bits per heavy atom. The van der Waals surface area contributed by atoms with E-state index in [4.69, 9.17) is 9.47 Å². The maximum atomic E-state index is 12.4. The Morgan fingerprint density at radius 3 is 2.50 bits per heavy atom. The van der Waals surface area contributed by atoms with Crippen LogP contribution in [0.25, 0.3) is 10.8 Å². The molecule has 4 aromatic rings. The van der Waals surface area contributed by atoms with Gasteiger partial charge in [-0.15, -0.1) is 0 Å². The molecule has 2 N–H and O–H groups in total. The van der Waals surface area contributed by atoms with E-state index in [1.165, 1.54) is 25.3 Å². The van der Waals surface area contributed by atoms with Gasteiger partial charge in [0, 0.05) is 18.2 Å². The summed E-state index contributed by atoms with van der Waals surface area (Å²) in [5.41, 5.74) is 0.977. The van der Waals surface area contributed by atoms with Crippen LogP contribution in [0.4, 0.5) is 5.69 Å². The second-order valence-electron chi connectivity index (χ2n) is 9.28. The highest BCUT2D eigenvalue weighted by molar-refractivity contribution is 6.01. The molecule has 1 unspecified atom stereocenters. The highest BCUT2D eigenvalue weighted by atomic mass is 16.5. The molecule has 7 nitrogen and oxygen atoms in total. The number of carboxylic acids is 1. The number of hydrogen-bond donors (Lipinski definition) is 2. The summed E-state index contributed by atoms with van der Waals surface area (Å²) in [5, 5.41) is 14.0. The number of nitrogens with one attached hydrogen (secondary N) is 1. The summed E-state index contributed by atoms with van der Waals surface area (Å²) in [6.45, 7) is 0.697. The Labute approximate surface area is 220 Å². The number of para-hydroxylation sites is 1. The SMILES string of the molecule is O=C(Cc1ccc(Oc2ccc3cc(OCC4C=CCCC4)ccc3c2)nc1)Nc1ccccc1C(=O)O. The predicted octanol–water partition coefficient (Wildman–Crippen LogP) is 6.64. The van der Waals surface area contributed by atoms with E-state index in [0.29, 0.717) is 29.7 Å². The monoisotopic (exact) mass is 508 g/mol. The smallest absolute Gasteiger partial charge is 0.337 e. The minimum absolute atomic E-state index is 0.0405. The predicted molar refractivity (Wildman–Crippen MR) is 146 cm³/mol. The molecular formula is C31H28N2O5. The molecule has 1 aromatic heterocycles. The molecule has 0 bridgehead atoms. The number of carbonyl (C=O) groups excluding carboxylic acids is 1. The van der Waals surface area contributed by atoms with Crippen LogP contribution in [0, 0.1) is 5.92 Å². The van der Waals surface area contributed by atoms with E-state index in [-0.39, 0.29) is 23.6 Å². The summed E-state index contributed by atoms with van der Waals surface area (Å²) in [4.78, 5) is 28.1. The summed E-state index contributed by atoms with van der Waals surface area (Å²) in [7, 11) is 0. The molecule has 7 heteroatoms. The highest BCUT2D eigenvalue weighted by Crippen LogP contribution is 2.28. The van der Waals surface area contributed by atoms with Gasteiger partial charge in [0.2, 0.25) is 11.8 Å². The van der Waals surface area contributed by atoms with Crippen LogP contribution in [0.15, 0.2) is 91.1 Å². The van der Waals surface area contributed by atoms with Crippen molar-refractivity contribution >= 4 is 28.3 Å². The molecular weight excluding hydrogens is 480 g/mol. The lowest BCUT2D eigenvalue weighted by Gasteiger charge is -2.17. The maximum absolute atomic E-state index is 12.4. The summed E-state index contributed by atoms with van der Waals surface area (Å²) >= 11 is 0. The average molecular weight is 509 g/mol. The average Bonchev–Trinajstić information content (AvgIpc) is 2.93. The summed E-state index contributed by atoms with van der Waals surface area (Å²) < 4.78 is 11.9. The Hall–Kier alpha value is -4.65. The summed E-state index contributed by atoms with van der Waals surface area (Å²) in [6.07, 6.45) is 9.69. The number of rotatable bonds is 9. The van der Waals surface area contributed by atoms with Crippen molar-refractivity contribution in [1.82, 2.24) is 4.98 Å². The van der Waals surface area contributed by atoms with Crippen molar-refractivity contribution in [3.05, 3.63) is 102 Å². The molecule has 1 amide bonds. The molecule has 192 valence electrons. The van der Waals surface area contributed by atoms with Crippen molar-refractivity contribution in [2.24, 2.45) is 5.92 Å². The van der Waals surface area contributed by atoms with Crippen LogP contribution >= 0.6 is 0 Å². The van der Waals surface area contributed by atoms with Crippen LogP contribution in [0.2, 0.25) is 0 Å². The Morgan fingerprint density at radius 1 is 0.974 bits per heavy atom. The lowest BCUT2D eigenvalue weighted by Crippen LogP contribution is -2.16. The van der Waals surface area contributed by atoms with Gasteiger partial charge < -0.3 is 19.9 Å². The fourth-order valence-electron chi connectivity index (χ4n) is 4.44. The number of hydrogen-bond acceptors (Lipinski definition) is 5. The number of carboxylic acid groups (broad SMARTS) is 1. The van der Waals surface area contributed by atoms with Crippen molar-refractivity contribution in [2.75, 3.05) is 11.9 Å². The van der Waals surface area contributed by atoms with Crippen molar-refractivity contribution in [1.29, 1.82) is 0 Å². The van der Waals surface area contributed by atoms with E-state index in [1.54, 1.807) is 36.5 Å². The van der Waals surface area contributed by atoms with E-state index in [1.807, 2.05) is 36.4 Å². The van der Waals surface area contributed by atoms with Gasteiger partial charge in [-0.25, -0.2) is 9.78 Å². The topological polar surface area (TPSA) is 97.8 Å². The standard InChI is InChI=1S/C31H28N2O5/c34-29(33-28-9-5-4-8-27(28)31(35)36)16-22-10-15-30(32-19-22)38-26-14-12-23-17-25(13-11-24(23)18-26)37-20-21-6-2-1-3-7-21/h2,4-6,8-15,17-19,21H,1,3,7,16,20H2,(H,33,34)(H,35,36). The molecule has 5 rings (SSSR count). The summed E-state index contributed by atoms with van der Waals surface area (Å²) in [6, 6.07) is 21.6. The lowest BCUT2D eigenvalue weighted by molar-refractivity contribution is -0.115. The van der Waals surface area contributed by atoms with Crippen LogP contribution in [0.3, 0.4) is 0 Å². The van der Waals surface area contributed by atoms with Crippen molar-refractivity contribution in [3.63, 3.8) is 0 Å². The quantitative estimate of drug-likeness (QED) is 0.246. The highest BCUT2D eigenvalue weighted by Gasteiger charge is 2.13. The molecule has 0 fully saturated rings. The van der Waals surface area contributed by atoms with Crippen LogP contribution < -0.4 is 14.8 Å². The molecule has 0 radical (unpaired) electrons. The number of amides is 1. The van der Waals surface area contributed by atoms with Crippen LogP contribution in [-0.4, -0.2) is 28.6 Å². The first-order valence-electron chi connectivity index (χ1n) is 12.6. The first kappa shape index (κ1) is 25.0. The van der Waals surface area contributed by atoms with Gasteiger partial charge in [0.05, 0.1) is 24.3 Å². The Bertz CT molecular complexity index is 1480. The first-order chi connectivity index (χ1) is 18.5. The van der Waals surface area contributed by atoms with E-state index in [2.05, 4.69) is 22.5 Å². The van der Waals surface area contributed by atoms with Gasteiger partial charge in [0.1, 0.15) is 11.5 Å². The number of benzene rings is 3. The van der Waals surface area contributed by atoms with Crippen LogP contribution in [0.5, 0.6) is 17.4 Å². The molecule has 0 saturated carbocycles. The zero-order valence-electron chi connectivity index (χ0n) is 20.8. The lowest BCUT2D eigenvalue weighted by atomic mass is 9.97. The van der Waals surface area contributed by atoms with E-state index in [9.17, 15) is 14.7 Å². The number of pyridine rings is 1. The number of ether oxygens (including phenoxy) is 2. The van der Waals surface area contributed by atoms with Crippen molar-refractivity contribution < 1.29 is 24.2 Å². The van der Waals surface area contributed by atoms with Gasteiger partial charge in [0.25, 0.3) is 0 Å². The molecule has 0 spiro atoms. The number of allylic oxidation sites excluding steroid dienone is 1. The fourth-order valence-corrected chi connectivity index (χ4v) is 4.44. The third-order valence-corrected chi connectivity index (χ3v) is 6.42. The second kappa shape index (κ2) is 11.6. The molecule has 1 aliphatic carbocycles. The number of anilines is 1. The maximum Gasteiger partial charge on any atom is 0.337 e. The Kier molecular flexibility index (Phi) is 7.64. The molecule has 0 aliphatic heterocycles. The molecule has 3 aromatic carbocycles. The van der Waals surface area contributed by atoms with Gasteiger partial charge in [0.15, 0.2) is 0 Å². The van der Waals surface area contributed by atoms with Gasteiger partial charge in [-0.3, -0.25) is 4.79 Å². The van der Waals surface area contributed by atoms with Crippen LogP contribution in [-0.2, 0) is 11.2 Å². The van der Waals surface area contributed by atoms with Crippen molar-refractivity contribution in [3.8, 4) is 17.4 Å². The number of carbonyl (C=O) groups is 2. The van der Waals surface area contributed by atoms with E-state index in [0.717, 1.165) is 16.5 Å².